The minimum Gasteiger partial charge on any atom is -0.496 e. The third-order valence-electron chi connectivity index (χ3n) is 3.78. The van der Waals surface area contributed by atoms with Crippen LogP contribution in [0.3, 0.4) is 0 Å². The highest BCUT2D eigenvalue weighted by Crippen LogP contribution is 2.35. The first-order chi connectivity index (χ1) is 11.5. The fraction of sp³-hybridized carbons (Fsp3) is 0.294. The average molecular weight is 347 g/mol. The number of aromatic carboxylic acids is 1. The topological polar surface area (TPSA) is 84.9 Å². The predicted octanol–water partition coefficient (Wildman–Crippen LogP) is 2.71. The van der Waals surface area contributed by atoms with Gasteiger partial charge in [0.15, 0.2) is 0 Å². The minimum absolute atomic E-state index is 0.134. The second-order valence-corrected chi connectivity index (χ2v) is 6.64. The molecule has 7 heteroatoms. The molecule has 1 aliphatic heterocycles. The molecule has 3 rings (SSSR count). The zero-order valence-electron chi connectivity index (χ0n) is 13.3. The number of benzene rings is 1. The van der Waals surface area contributed by atoms with Gasteiger partial charge in [0, 0.05) is 24.1 Å². The number of carbonyl (C=O) groups is 2. The Morgan fingerprint density at radius 1 is 1.38 bits per heavy atom. The zero-order chi connectivity index (χ0) is 17.3. The number of thiophene rings is 1. The van der Waals surface area contributed by atoms with Crippen molar-refractivity contribution in [3.05, 3.63) is 45.1 Å². The summed E-state index contributed by atoms with van der Waals surface area (Å²) in [7, 11) is 1.59. The number of carboxylic acids is 1. The van der Waals surface area contributed by atoms with Gasteiger partial charge in [-0.1, -0.05) is 0 Å². The van der Waals surface area contributed by atoms with Gasteiger partial charge in [-0.25, -0.2) is 4.79 Å². The number of amides is 1. The number of ether oxygens (including phenoxy) is 2. The molecule has 24 heavy (non-hydrogen) atoms. The van der Waals surface area contributed by atoms with Crippen molar-refractivity contribution >= 4 is 23.2 Å². The third-order valence-corrected chi connectivity index (χ3v) is 4.85. The van der Waals surface area contributed by atoms with E-state index in [4.69, 9.17) is 14.6 Å². The maximum atomic E-state index is 12.2. The molecule has 1 atom stereocenters. The normalized spacial score (nSPS) is 15.5. The zero-order valence-corrected chi connectivity index (χ0v) is 14.1. The fourth-order valence-electron chi connectivity index (χ4n) is 2.65. The van der Waals surface area contributed by atoms with Gasteiger partial charge >= 0.3 is 5.97 Å². The number of rotatable bonds is 5. The molecule has 0 saturated heterocycles. The molecule has 1 aromatic carbocycles. The summed E-state index contributed by atoms with van der Waals surface area (Å²) in [5.41, 5.74) is 1.91. The van der Waals surface area contributed by atoms with Crippen LogP contribution < -0.4 is 14.8 Å². The molecule has 0 radical (unpaired) electrons. The summed E-state index contributed by atoms with van der Waals surface area (Å²) in [6, 6.07) is 6.75. The van der Waals surface area contributed by atoms with Crippen molar-refractivity contribution in [3.63, 3.8) is 0 Å². The summed E-state index contributed by atoms with van der Waals surface area (Å²) in [5.74, 6) is 0.163. The van der Waals surface area contributed by atoms with Crippen molar-refractivity contribution in [1.29, 1.82) is 0 Å². The lowest BCUT2D eigenvalue weighted by Gasteiger charge is -2.11. The van der Waals surface area contributed by atoms with Crippen LogP contribution in [0.2, 0.25) is 0 Å². The highest BCUT2D eigenvalue weighted by atomic mass is 32.1. The number of carbonyl (C=O) groups excluding carboxylic acids is 1. The van der Waals surface area contributed by atoms with Crippen molar-refractivity contribution in [1.82, 2.24) is 5.32 Å². The standard InChI is InChI=1S/C17H17NO5S/c1-9-5-10-6-12(22-2)11(7-13(10)23-9)8-18-16(19)14-3-4-15(24-14)17(20)21/h3-4,6-7,9H,5,8H2,1-2H3,(H,18,19)(H,20,21). The first-order valence-electron chi connectivity index (χ1n) is 7.45. The van der Waals surface area contributed by atoms with Crippen molar-refractivity contribution in [3.8, 4) is 11.5 Å². The second-order valence-electron chi connectivity index (χ2n) is 5.56. The largest absolute Gasteiger partial charge is 0.496 e. The van der Waals surface area contributed by atoms with Gasteiger partial charge in [0.2, 0.25) is 0 Å². The van der Waals surface area contributed by atoms with Crippen LogP contribution in [0.25, 0.3) is 0 Å². The molecule has 1 unspecified atom stereocenters. The molecule has 1 amide bonds. The number of hydrogen-bond acceptors (Lipinski definition) is 5. The molecule has 2 N–H and O–H groups in total. The van der Waals surface area contributed by atoms with Crippen LogP contribution in [0.1, 0.15) is 37.4 Å². The molecule has 6 nitrogen and oxygen atoms in total. The number of fused-ring (bicyclic) bond motifs is 1. The Bertz CT molecular complexity index is 798. The van der Waals surface area contributed by atoms with Gasteiger partial charge < -0.3 is 19.9 Å². The van der Waals surface area contributed by atoms with E-state index in [-0.39, 0.29) is 23.4 Å². The molecule has 0 saturated carbocycles. The van der Waals surface area contributed by atoms with Crippen molar-refractivity contribution in [2.75, 3.05) is 7.11 Å². The van der Waals surface area contributed by atoms with Crippen LogP contribution in [-0.4, -0.2) is 30.2 Å². The third kappa shape index (κ3) is 3.21. The monoisotopic (exact) mass is 347 g/mol. The molecule has 0 spiro atoms. The SMILES string of the molecule is COc1cc2c(cc1CNC(=O)c1ccc(C(=O)O)s1)OC(C)C2. The summed E-state index contributed by atoms with van der Waals surface area (Å²) in [6.07, 6.45) is 0.973. The lowest BCUT2D eigenvalue weighted by molar-refractivity contribution is 0.0702. The Kier molecular flexibility index (Phi) is 4.44. The minimum atomic E-state index is -1.04. The Balaban J connectivity index is 1.73. The van der Waals surface area contributed by atoms with Crippen LogP contribution in [0, 0.1) is 0 Å². The molecule has 0 fully saturated rings. The molecule has 2 aromatic rings. The summed E-state index contributed by atoms with van der Waals surface area (Å²) in [4.78, 5) is 23.6. The van der Waals surface area contributed by atoms with E-state index in [2.05, 4.69) is 5.32 Å². The Morgan fingerprint density at radius 3 is 2.79 bits per heavy atom. The number of carboxylic acid groups (broad SMARTS) is 1. The van der Waals surface area contributed by atoms with E-state index in [1.807, 2.05) is 19.1 Å². The van der Waals surface area contributed by atoms with Crippen molar-refractivity contribution in [2.24, 2.45) is 0 Å². The summed E-state index contributed by atoms with van der Waals surface area (Å²) >= 11 is 0.947. The van der Waals surface area contributed by atoms with E-state index in [0.717, 1.165) is 34.6 Å². The number of methoxy groups -OCH3 is 1. The molecule has 1 aromatic heterocycles. The van der Waals surface area contributed by atoms with Crippen molar-refractivity contribution in [2.45, 2.75) is 26.0 Å². The first-order valence-corrected chi connectivity index (χ1v) is 8.27. The van der Waals surface area contributed by atoms with Crippen LogP contribution >= 0.6 is 11.3 Å². The van der Waals surface area contributed by atoms with Gasteiger partial charge in [-0.05, 0) is 31.2 Å². The van der Waals surface area contributed by atoms with Gasteiger partial charge in [-0.15, -0.1) is 11.3 Å². The van der Waals surface area contributed by atoms with Gasteiger partial charge in [0.05, 0.1) is 12.0 Å². The summed E-state index contributed by atoms with van der Waals surface area (Å²) in [6.45, 7) is 2.28. The van der Waals surface area contributed by atoms with Crippen LogP contribution in [0.15, 0.2) is 24.3 Å². The van der Waals surface area contributed by atoms with Gasteiger partial charge in [-0.3, -0.25) is 4.79 Å². The molecule has 0 aliphatic carbocycles. The lowest BCUT2D eigenvalue weighted by atomic mass is 10.1. The molecular weight excluding hydrogens is 330 g/mol. The highest BCUT2D eigenvalue weighted by molar-refractivity contribution is 7.15. The fourth-order valence-corrected chi connectivity index (χ4v) is 3.41. The highest BCUT2D eigenvalue weighted by Gasteiger charge is 2.22. The van der Waals surface area contributed by atoms with E-state index in [1.54, 1.807) is 7.11 Å². The van der Waals surface area contributed by atoms with Gasteiger partial charge in [0.1, 0.15) is 22.5 Å². The molecule has 126 valence electrons. The quantitative estimate of drug-likeness (QED) is 0.869. The summed E-state index contributed by atoms with van der Waals surface area (Å²) in [5, 5.41) is 11.7. The average Bonchev–Trinajstić information content (AvgIpc) is 3.17. The van der Waals surface area contributed by atoms with Crippen molar-refractivity contribution < 1.29 is 24.2 Å². The van der Waals surface area contributed by atoms with E-state index >= 15 is 0 Å². The van der Waals surface area contributed by atoms with Gasteiger partial charge in [-0.2, -0.15) is 0 Å². The predicted molar refractivity (Wildman–Crippen MR) is 89.2 cm³/mol. The summed E-state index contributed by atoms with van der Waals surface area (Å²) < 4.78 is 11.1. The van der Waals surface area contributed by atoms with E-state index in [1.165, 1.54) is 12.1 Å². The Hall–Kier alpha value is -2.54. The number of nitrogens with one attached hydrogen (secondary N) is 1. The maximum absolute atomic E-state index is 12.2. The molecule has 0 bridgehead atoms. The van der Waals surface area contributed by atoms with E-state index < -0.39 is 5.97 Å². The smallest absolute Gasteiger partial charge is 0.345 e. The number of hydrogen-bond donors (Lipinski definition) is 2. The van der Waals surface area contributed by atoms with Crippen LogP contribution in [0.4, 0.5) is 0 Å². The van der Waals surface area contributed by atoms with Crippen LogP contribution in [0.5, 0.6) is 11.5 Å². The van der Waals surface area contributed by atoms with E-state index in [0.29, 0.717) is 10.6 Å². The van der Waals surface area contributed by atoms with Gasteiger partial charge in [0.25, 0.3) is 5.91 Å². The maximum Gasteiger partial charge on any atom is 0.345 e. The molecular formula is C17H17NO5S. The first kappa shape index (κ1) is 16.3. The Labute approximate surface area is 143 Å². The second kappa shape index (κ2) is 6.52. The van der Waals surface area contributed by atoms with Crippen LogP contribution in [-0.2, 0) is 13.0 Å². The molecule has 2 heterocycles. The van der Waals surface area contributed by atoms with E-state index in [9.17, 15) is 9.59 Å². The Morgan fingerprint density at radius 2 is 2.12 bits per heavy atom. The lowest BCUT2D eigenvalue weighted by Crippen LogP contribution is -2.22. The molecule has 1 aliphatic rings.